The second-order valence-electron chi connectivity index (χ2n) is 6.20. The van der Waals surface area contributed by atoms with Gasteiger partial charge in [-0.05, 0) is 35.4 Å². The smallest absolute Gasteiger partial charge is 0.242 e. The van der Waals surface area contributed by atoms with Crippen LogP contribution in [0.15, 0.2) is 78.9 Å². The lowest BCUT2D eigenvalue weighted by Gasteiger charge is -2.20. The van der Waals surface area contributed by atoms with E-state index < -0.39 is 0 Å². The summed E-state index contributed by atoms with van der Waals surface area (Å²) in [5.41, 5.74) is 3.26. The minimum atomic E-state index is -0.380. The number of para-hydroxylation sites is 1. The van der Waals surface area contributed by atoms with Crippen molar-refractivity contribution in [2.45, 2.75) is 12.6 Å². The maximum absolute atomic E-state index is 13.3. The summed E-state index contributed by atoms with van der Waals surface area (Å²) in [6.45, 7) is 0.0467. The molecule has 0 fully saturated rings. The molecule has 1 heterocycles. The van der Waals surface area contributed by atoms with Crippen molar-refractivity contribution in [1.82, 2.24) is 20.3 Å². The maximum Gasteiger partial charge on any atom is 0.242 e. The van der Waals surface area contributed by atoms with E-state index in [-0.39, 0.29) is 24.3 Å². The van der Waals surface area contributed by atoms with Gasteiger partial charge < -0.3 is 5.32 Å². The molecule has 5 nitrogen and oxygen atoms in total. The van der Waals surface area contributed by atoms with Crippen molar-refractivity contribution in [2.75, 3.05) is 0 Å². The number of nitrogens with zero attached hydrogens (tertiary/aromatic N) is 3. The number of halogens is 1. The fourth-order valence-corrected chi connectivity index (χ4v) is 3.04. The first kappa shape index (κ1) is 16.9. The van der Waals surface area contributed by atoms with Crippen LogP contribution in [0.4, 0.5) is 4.39 Å². The molecule has 1 aromatic heterocycles. The molecule has 0 saturated heterocycles. The quantitative estimate of drug-likeness (QED) is 0.593. The SMILES string of the molecule is O=C(Cn1nnc2ccccc21)NC(c1ccccc1)c1ccc(F)cc1. The molecule has 3 aromatic carbocycles. The number of aromatic nitrogens is 3. The van der Waals surface area contributed by atoms with Crippen LogP contribution in [0.2, 0.25) is 0 Å². The normalized spacial score (nSPS) is 12.0. The molecule has 0 bridgehead atoms. The van der Waals surface area contributed by atoms with E-state index in [9.17, 15) is 9.18 Å². The Morgan fingerprint density at radius 3 is 2.37 bits per heavy atom. The van der Waals surface area contributed by atoms with Crippen LogP contribution in [0, 0.1) is 5.82 Å². The van der Waals surface area contributed by atoms with Gasteiger partial charge in [-0.2, -0.15) is 0 Å². The second kappa shape index (κ2) is 7.37. The summed E-state index contributed by atoms with van der Waals surface area (Å²) in [4.78, 5) is 12.7. The van der Waals surface area contributed by atoms with Crippen LogP contribution in [-0.4, -0.2) is 20.9 Å². The molecule has 0 aliphatic carbocycles. The van der Waals surface area contributed by atoms with Crippen LogP contribution >= 0.6 is 0 Å². The van der Waals surface area contributed by atoms with E-state index in [1.165, 1.54) is 12.1 Å². The first-order valence-electron chi connectivity index (χ1n) is 8.59. The van der Waals surface area contributed by atoms with Crippen molar-refractivity contribution in [2.24, 2.45) is 0 Å². The molecule has 4 rings (SSSR count). The van der Waals surface area contributed by atoms with Crippen LogP contribution in [0.5, 0.6) is 0 Å². The van der Waals surface area contributed by atoms with Crippen LogP contribution in [0.3, 0.4) is 0 Å². The molecule has 0 radical (unpaired) electrons. The summed E-state index contributed by atoms with van der Waals surface area (Å²) in [6.07, 6.45) is 0. The van der Waals surface area contributed by atoms with Gasteiger partial charge in [-0.25, -0.2) is 9.07 Å². The van der Waals surface area contributed by atoms with Gasteiger partial charge in [0.1, 0.15) is 17.9 Å². The van der Waals surface area contributed by atoms with Crippen molar-refractivity contribution in [1.29, 1.82) is 0 Å². The molecule has 27 heavy (non-hydrogen) atoms. The average molecular weight is 360 g/mol. The van der Waals surface area contributed by atoms with E-state index in [1.54, 1.807) is 16.8 Å². The first-order chi connectivity index (χ1) is 13.2. The topological polar surface area (TPSA) is 59.8 Å². The number of rotatable bonds is 5. The Bertz CT molecular complexity index is 1060. The van der Waals surface area contributed by atoms with Crippen LogP contribution in [0.1, 0.15) is 17.2 Å². The molecule has 1 unspecified atom stereocenters. The number of fused-ring (bicyclic) bond motifs is 1. The number of carbonyl (C=O) groups excluding carboxylic acids is 1. The van der Waals surface area contributed by atoms with Crippen molar-refractivity contribution in [3.05, 3.63) is 95.8 Å². The summed E-state index contributed by atoms with van der Waals surface area (Å²) >= 11 is 0. The zero-order valence-corrected chi connectivity index (χ0v) is 14.4. The Kier molecular flexibility index (Phi) is 4.61. The van der Waals surface area contributed by atoms with Crippen molar-refractivity contribution in [3.63, 3.8) is 0 Å². The third-order valence-corrected chi connectivity index (χ3v) is 4.36. The highest BCUT2D eigenvalue weighted by atomic mass is 19.1. The zero-order chi connectivity index (χ0) is 18.6. The Morgan fingerprint density at radius 1 is 0.926 bits per heavy atom. The number of carbonyl (C=O) groups is 1. The third kappa shape index (κ3) is 3.69. The molecular formula is C21H17FN4O. The molecular weight excluding hydrogens is 343 g/mol. The Balaban J connectivity index is 1.59. The fraction of sp³-hybridized carbons (Fsp3) is 0.0952. The van der Waals surface area contributed by atoms with Gasteiger partial charge in [0.15, 0.2) is 0 Å². The molecule has 4 aromatic rings. The second-order valence-corrected chi connectivity index (χ2v) is 6.20. The van der Waals surface area contributed by atoms with Gasteiger partial charge in [-0.15, -0.1) is 5.10 Å². The molecule has 0 aliphatic heterocycles. The standard InChI is InChI=1S/C21H17FN4O/c22-17-12-10-16(11-13-17)21(15-6-2-1-3-7-15)23-20(27)14-26-19-9-5-4-8-18(19)24-25-26/h1-13,21H,14H2,(H,23,27). The lowest BCUT2D eigenvalue weighted by atomic mass is 9.98. The van der Waals surface area contributed by atoms with E-state index in [1.807, 2.05) is 54.6 Å². The van der Waals surface area contributed by atoms with Gasteiger partial charge >= 0.3 is 0 Å². The third-order valence-electron chi connectivity index (χ3n) is 4.36. The molecule has 6 heteroatoms. The van der Waals surface area contributed by atoms with E-state index in [2.05, 4.69) is 15.6 Å². The monoisotopic (exact) mass is 360 g/mol. The van der Waals surface area contributed by atoms with Crippen LogP contribution < -0.4 is 5.32 Å². The fourth-order valence-electron chi connectivity index (χ4n) is 3.04. The predicted octanol–water partition coefficient (Wildman–Crippen LogP) is 3.48. The summed E-state index contributed by atoms with van der Waals surface area (Å²) in [6, 6.07) is 22.8. The Morgan fingerprint density at radius 2 is 1.59 bits per heavy atom. The summed E-state index contributed by atoms with van der Waals surface area (Å²) < 4.78 is 14.9. The summed E-state index contributed by atoms with van der Waals surface area (Å²) in [5, 5.41) is 11.1. The lowest BCUT2D eigenvalue weighted by Crippen LogP contribution is -2.32. The van der Waals surface area contributed by atoms with Gasteiger partial charge in [-0.1, -0.05) is 59.8 Å². The zero-order valence-electron chi connectivity index (χ0n) is 14.4. The predicted molar refractivity (Wildman–Crippen MR) is 100 cm³/mol. The highest BCUT2D eigenvalue weighted by Gasteiger charge is 2.18. The van der Waals surface area contributed by atoms with Gasteiger partial charge in [0.05, 0.1) is 11.6 Å². The van der Waals surface area contributed by atoms with Crippen LogP contribution in [0.25, 0.3) is 11.0 Å². The minimum absolute atomic E-state index is 0.0467. The molecule has 1 atom stereocenters. The van der Waals surface area contributed by atoms with E-state index >= 15 is 0 Å². The van der Waals surface area contributed by atoms with Gasteiger partial charge in [-0.3, -0.25) is 4.79 Å². The molecule has 1 N–H and O–H groups in total. The lowest BCUT2D eigenvalue weighted by molar-refractivity contribution is -0.122. The summed E-state index contributed by atoms with van der Waals surface area (Å²) in [7, 11) is 0. The van der Waals surface area contributed by atoms with Gasteiger partial charge in [0.2, 0.25) is 5.91 Å². The number of hydrogen-bond acceptors (Lipinski definition) is 3. The minimum Gasteiger partial charge on any atom is -0.344 e. The number of hydrogen-bond donors (Lipinski definition) is 1. The van der Waals surface area contributed by atoms with Gasteiger partial charge in [0.25, 0.3) is 0 Å². The number of nitrogens with one attached hydrogen (secondary N) is 1. The highest BCUT2D eigenvalue weighted by molar-refractivity contribution is 5.80. The molecule has 0 aliphatic rings. The van der Waals surface area contributed by atoms with Crippen molar-refractivity contribution in [3.8, 4) is 0 Å². The number of benzene rings is 3. The molecule has 1 amide bonds. The van der Waals surface area contributed by atoms with Crippen molar-refractivity contribution >= 4 is 16.9 Å². The average Bonchev–Trinajstić information content (AvgIpc) is 3.10. The summed E-state index contributed by atoms with van der Waals surface area (Å²) in [5.74, 6) is -0.519. The number of amides is 1. The van der Waals surface area contributed by atoms with E-state index in [0.717, 1.165) is 22.2 Å². The Hall–Kier alpha value is -3.54. The highest BCUT2D eigenvalue weighted by Crippen LogP contribution is 2.22. The maximum atomic E-state index is 13.3. The molecule has 0 saturated carbocycles. The Labute approximate surface area is 155 Å². The largest absolute Gasteiger partial charge is 0.344 e. The van der Waals surface area contributed by atoms with Gasteiger partial charge in [0, 0.05) is 0 Å². The van der Waals surface area contributed by atoms with Crippen molar-refractivity contribution < 1.29 is 9.18 Å². The van der Waals surface area contributed by atoms with Crippen LogP contribution in [-0.2, 0) is 11.3 Å². The first-order valence-corrected chi connectivity index (χ1v) is 8.59. The molecule has 134 valence electrons. The van der Waals surface area contributed by atoms with E-state index in [4.69, 9.17) is 0 Å². The molecule has 0 spiro atoms. The van der Waals surface area contributed by atoms with E-state index in [0.29, 0.717) is 0 Å².